The summed E-state index contributed by atoms with van der Waals surface area (Å²) in [5, 5.41) is 0. The molecule has 0 N–H and O–H groups in total. The Labute approximate surface area is 186 Å². The second-order valence-electron chi connectivity index (χ2n) is 7.88. The molecule has 2 aromatic rings. The first-order valence-electron chi connectivity index (χ1n) is 10.8. The predicted octanol–water partition coefficient (Wildman–Crippen LogP) is 3.12. The molecule has 1 unspecified atom stereocenters. The van der Waals surface area contributed by atoms with Crippen LogP contribution < -0.4 is 4.74 Å². The van der Waals surface area contributed by atoms with Crippen molar-refractivity contribution >= 4 is 17.9 Å². The number of ether oxygens (including phenoxy) is 2. The molecule has 2 amide bonds. The highest BCUT2D eigenvalue weighted by molar-refractivity contribution is 5.92. The van der Waals surface area contributed by atoms with Gasteiger partial charge in [-0.1, -0.05) is 6.07 Å². The third kappa shape index (κ3) is 5.50. The molecule has 4 rings (SSSR count). The number of pyridine rings is 1. The van der Waals surface area contributed by atoms with E-state index in [1.165, 1.54) is 24.4 Å². The lowest BCUT2D eigenvalue weighted by Crippen LogP contribution is -2.49. The second kappa shape index (κ2) is 10.4. The molecule has 1 aromatic carbocycles. The normalized spacial score (nSPS) is 19.2. The Balaban J connectivity index is 1.35. The summed E-state index contributed by atoms with van der Waals surface area (Å²) in [6.07, 6.45) is 7.69. The van der Waals surface area contributed by atoms with Crippen LogP contribution in [0.4, 0.5) is 4.39 Å². The van der Waals surface area contributed by atoms with Crippen LogP contribution in [0.1, 0.15) is 18.4 Å². The van der Waals surface area contributed by atoms with Crippen LogP contribution in [-0.4, -0.2) is 66.0 Å². The fourth-order valence-corrected chi connectivity index (χ4v) is 3.93. The maximum atomic E-state index is 14.4. The molecule has 32 heavy (non-hydrogen) atoms. The number of hydrogen-bond donors (Lipinski definition) is 0. The predicted molar refractivity (Wildman–Crippen MR) is 116 cm³/mol. The quantitative estimate of drug-likeness (QED) is 0.670. The molecular formula is C24H26FN3O4. The molecule has 2 aliphatic heterocycles. The number of piperidine rings is 1. The lowest BCUT2D eigenvalue weighted by Gasteiger charge is -2.35. The zero-order chi connectivity index (χ0) is 22.3. The summed E-state index contributed by atoms with van der Waals surface area (Å²) in [6.45, 7) is 3.36. The van der Waals surface area contributed by atoms with Crippen LogP contribution in [-0.2, 0) is 14.3 Å². The van der Waals surface area contributed by atoms with Gasteiger partial charge in [-0.25, -0.2) is 4.39 Å². The lowest BCUT2D eigenvalue weighted by atomic mass is 9.96. The van der Waals surface area contributed by atoms with Crippen molar-refractivity contribution in [1.82, 2.24) is 14.8 Å². The molecular weight excluding hydrogens is 413 g/mol. The van der Waals surface area contributed by atoms with Gasteiger partial charge >= 0.3 is 0 Å². The Morgan fingerprint density at radius 3 is 2.75 bits per heavy atom. The zero-order valence-corrected chi connectivity index (χ0v) is 17.8. The third-order valence-corrected chi connectivity index (χ3v) is 5.64. The van der Waals surface area contributed by atoms with Gasteiger partial charge in [0.15, 0.2) is 11.6 Å². The molecule has 0 spiro atoms. The number of nitrogens with zero attached hydrogens (tertiary/aromatic N) is 3. The Bertz CT molecular complexity index is 976. The molecule has 0 saturated carbocycles. The molecule has 8 heteroatoms. The molecule has 2 saturated heterocycles. The standard InChI is InChI=1S/C24H26FN3O4/c25-21-15-18(5-7-22(21)32-20-4-1-9-26-16-20)6-8-23(29)28-10-2-3-19(17-28)24(30)27-11-13-31-14-12-27/h1,4-9,15-16,19H,2-3,10-14,17H2/b8-6+. The van der Waals surface area contributed by atoms with Crippen molar-refractivity contribution in [3.8, 4) is 11.5 Å². The maximum absolute atomic E-state index is 14.4. The van der Waals surface area contributed by atoms with E-state index in [-0.39, 0.29) is 23.5 Å². The highest BCUT2D eigenvalue weighted by Gasteiger charge is 2.31. The molecule has 0 radical (unpaired) electrons. The van der Waals surface area contributed by atoms with E-state index in [2.05, 4.69) is 4.98 Å². The van der Waals surface area contributed by atoms with Gasteiger partial charge in [0, 0.05) is 38.5 Å². The van der Waals surface area contributed by atoms with Gasteiger partial charge in [0.2, 0.25) is 11.8 Å². The summed E-state index contributed by atoms with van der Waals surface area (Å²) in [4.78, 5) is 32.9. The van der Waals surface area contributed by atoms with Crippen LogP contribution in [0.5, 0.6) is 11.5 Å². The average Bonchev–Trinajstić information content (AvgIpc) is 2.85. The van der Waals surface area contributed by atoms with E-state index >= 15 is 0 Å². The number of halogens is 1. The Morgan fingerprint density at radius 1 is 1.16 bits per heavy atom. The van der Waals surface area contributed by atoms with Gasteiger partial charge in [-0.2, -0.15) is 0 Å². The van der Waals surface area contributed by atoms with Gasteiger partial charge < -0.3 is 19.3 Å². The Kier molecular flexibility index (Phi) is 7.11. The SMILES string of the molecule is O=C(/C=C/c1ccc(Oc2cccnc2)c(F)c1)N1CCCC(C(=O)N2CCOCC2)C1. The van der Waals surface area contributed by atoms with Crippen LogP contribution >= 0.6 is 0 Å². The summed E-state index contributed by atoms with van der Waals surface area (Å²) in [5.41, 5.74) is 0.548. The van der Waals surface area contributed by atoms with Crippen molar-refractivity contribution in [2.75, 3.05) is 39.4 Å². The number of carbonyl (C=O) groups excluding carboxylic acids is 2. The third-order valence-electron chi connectivity index (χ3n) is 5.64. The summed E-state index contributed by atoms with van der Waals surface area (Å²) in [7, 11) is 0. The van der Waals surface area contributed by atoms with E-state index in [0.717, 1.165) is 12.8 Å². The second-order valence-corrected chi connectivity index (χ2v) is 7.88. The zero-order valence-electron chi connectivity index (χ0n) is 17.8. The summed E-state index contributed by atoms with van der Waals surface area (Å²) in [5.74, 6) is -0.266. The first-order chi connectivity index (χ1) is 15.6. The van der Waals surface area contributed by atoms with Crippen molar-refractivity contribution in [1.29, 1.82) is 0 Å². The smallest absolute Gasteiger partial charge is 0.246 e. The van der Waals surface area contributed by atoms with E-state index in [4.69, 9.17) is 9.47 Å². The summed E-state index contributed by atoms with van der Waals surface area (Å²) < 4.78 is 25.2. The van der Waals surface area contributed by atoms with Gasteiger partial charge in [-0.15, -0.1) is 0 Å². The molecule has 168 valence electrons. The molecule has 0 bridgehead atoms. The molecule has 1 aromatic heterocycles. The maximum Gasteiger partial charge on any atom is 0.246 e. The van der Waals surface area contributed by atoms with Crippen LogP contribution in [0.15, 0.2) is 48.8 Å². The van der Waals surface area contributed by atoms with Gasteiger partial charge in [0.1, 0.15) is 5.75 Å². The van der Waals surface area contributed by atoms with E-state index in [0.29, 0.717) is 50.7 Å². The topological polar surface area (TPSA) is 72.0 Å². The van der Waals surface area contributed by atoms with Gasteiger partial charge in [-0.3, -0.25) is 14.6 Å². The molecule has 7 nitrogen and oxygen atoms in total. The van der Waals surface area contributed by atoms with E-state index in [1.54, 1.807) is 35.4 Å². The number of benzene rings is 1. The molecule has 2 fully saturated rings. The lowest BCUT2D eigenvalue weighted by molar-refractivity contribution is -0.143. The summed E-state index contributed by atoms with van der Waals surface area (Å²) in [6, 6.07) is 7.91. The molecule has 2 aliphatic rings. The van der Waals surface area contributed by atoms with Crippen molar-refractivity contribution < 1.29 is 23.5 Å². The van der Waals surface area contributed by atoms with Crippen LogP contribution in [0.25, 0.3) is 6.08 Å². The van der Waals surface area contributed by atoms with Gasteiger partial charge in [0.25, 0.3) is 0 Å². The fraction of sp³-hybridized carbons (Fsp3) is 0.375. The Hall–Kier alpha value is -3.26. The minimum atomic E-state index is -0.530. The number of rotatable bonds is 5. The highest BCUT2D eigenvalue weighted by Crippen LogP contribution is 2.25. The first kappa shape index (κ1) is 22.0. The monoisotopic (exact) mass is 439 g/mol. The van der Waals surface area contributed by atoms with E-state index in [1.807, 2.05) is 4.90 Å². The van der Waals surface area contributed by atoms with Crippen molar-refractivity contribution in [2.24, 2.45) is 5.92 Å². The van der Waals surface area contributed by atoms with Crippen LogP contribution in [0, 0.1) is 11.7 Å². The highest BCUT2D eigenvalue weighted by atomic mass is 19.1. The molecule has 0 aliphatic carbocycles. The minimum absolute atomic E-state index is 0.0852. The number of amides is 2. The minimum Gasteiger partial charge on any atom is -0.453 e. The number of carbonyl (C=O) groups is 2. The van der Waals surface area contributed by atoms with Crippen LogP contribution in [0.2, 0.25) is 0 Å². The van der Waals surface area contributed by atoms with Gasteiger partial charge in [0.05, 0.1) is 25.3 Å². The molecule has 3 heterocycles. The van der Waals surface area contributed by atoms with Crippen LogP contribution in [0.3, 0.4) is 0 Å². The fourth-order valence-electron chi connectivity index (χ4n) is 3.93. The number of hydrogen-bond acceptors (Lipinski definition) is 5. The Morgan fingerprint density at radius 2 is 2.00 bits per heavy atom. The number of likely N-dealkylation sites (tertiary alicyclic amines) is 1. The van der Waals surface area contributed by atoms with Crippen molar-refractivity contribution in [2.45, 2.75) is 12.8 Å². The van der Waals surface area contributed by atoms with Gasteiger partial charge in [-0.05, 0) is 48.7 Å². The van der Waals surface area contributed by atoms with Crippen molar-refractivity contribution in [3.05, 3.63) is 60.2 Å². The number of aromatic nitrogens is 1. The van der Waals surface area contributed by atoms with E-state index in [9.17, 15) is 14.0 Å². The molecule has 1 atom stereocenters. The van der Waals surface area contributed by atoms with E-state index < -0.39 is 5.82 Å². The largest absolute Gasteiger partial charge is 0.453 e. The first-order valence-corrected chi connectivity index (χ1v) is 10.8. The summed E-state index contributed by atoms with van der Waals surface area (Å²) >= 11 is 0. The average molecular weight is 439 g/mol. The van der Waals surface area contributed by atoms with Crippen molar-refractivity contribution in [3.63, 3.8) is 0 Å². The number of morpholine rings is 1.